The summed E-state index contributed by atoms with van der Waals surface area (Å²) in [6, 6.07) is 0. The first-order valence-electron chi connectivity index (χ1n) is 7.44. The van der Waals surface area contributed by atoms with Gasteiger partial charge in [0.05, 0.1) is 18.4 Å². The van der Waals surface area contributed by atoms with Gasteiger partial charge in [-0.15, -0.1) is 0 Å². The summed E-state index contributed by atoms with van der Waals surface area (Å²) < 4.78 is 61.5. The van der Waals surface area contributed by atoms with Gasteiger partial charge < -0.3 is 9.47 Å². The van der Waals surface area contributed by atoms with Gasteiger partial charge in [0.25, 0.3) is 11.8 Å². The highest BCUT2D eigenvalue weighted by Crippen LogP contribution is 2.33. The van der Waals surface area contributed by atoms with Crippen molar-refractivity contribution in [3.8, 4) is 0 Å². The normalized spacial score (nSPS) is 15.0. The summed E-state index contributed by atoms with van der Waals surface area (Å²) in [7, 11) is 0. The Morgan fingerprint density at radius 3 is 2.00 bits per heavy atom. The summed E-state index contributed by atoms with van der Waals surface area (Å²) in [4.78, 5) is 23.1. The predicted molar refractivity (Wildman–Crippen MR) is 75.4 cm³/mol. The molecule has 0 rings (SSSR count). The van der Waals surface area contributed by atoms with Gasteiger partial charge in [0.2, 0.25) is 0 Å². The summed E-state index contributed by atoms with van der Waals surface area (Å²) in [6.45, 7) is 4.24. The molecule has 0 N–H and O–H groups in total. The molecule has 0 fully saturated rings. The van der Waals surface area contributed by atoms with Crippen molar-refractivity contribution >= 4 is 11.9 Å². The van der Waals surface area contributed by atoms with Crippen molar-refractivity contribution in [1.29, 1.82) is 0 Å². The minimum Gasteiger partial charge on any atom is -0.465 e. The Morgan fingerprint density at radius 1 is 1.00 bits per heavy atom. The van der Waals surface area contributed by atoms with E-state index in [0.717, 1.165) is 0 Å². The maximum Gasteiger partial charge on any atom is 0.315 e. The van der Waals surface area contributed by atoms with Crippen LogP contribution >= 0.6 is 0 Å². The molecule has 0 radical (unpaired) electrons. The summed E-state index contributed by atoms with van der Waals surface area (Å²) in [5.74, 6) is -8.42. The van der Waals surface area contributed by atoms with E-state index in [2.05, 4.69) is 0 Å². The number of rotatable bonds is 10. The third kappa shape index (κ3) is 8.76. The molecular formula is C15H24F4O4. The van der Waals surface area contributed by atoms with Gasteiger partial charge >= 0.3 is 11.9 Å². The van der Waals surface area contributed by atoms with E-state index in [9.17, 15) is 27.2 Å². The van der Waals surface area contributed by atoms with Crippen LogP contribution in [-0.4, -0.2) is 37.0 Å². The van der Waals surface area contributed by atoms with Crippen LogP contribution in [0.2, 0.25) is 0 Å². The van der Waals surface area contributed by atoms with Gasteiger partial charge in [-0.2, -0.15) is 0 Å². The van der Waals surface area contributed by atoms with Crippen LogP contribution in [0.15, 0.2) is 0 Å². The van der Waals surface area contributed by atoms with Crippen LogP contribution in [-0.2, 0) is 19.1 Å². The molecule has 0 spiro atoms. The summed E-state index contributed by atoms with van der Waals surface area (Å²) in [5.41, 5.74) is -1.16. The predicted octanol–water partition coefficient (Wildman–Crippen LogP) is 3.97. The quantitative estimate of drug-likeness (QED) is 0.444. The third-order valence-electron chi connectivity index (χ3n) is 3.38. The molecule has 1 atom stereocenters. The molecule has 0 bridgehead atoms. The Morgan fingerprint density at radius 2 is 1.57 bits per heavy atom. The highest BCUT2D eigenvalue weighted by Gasteiger charge is 2.40. The number of alkyl halides is 4. The van der Waals surface area contributed by atoms with Crippen molar-refractivity contribution in [1.82, 2.24) is 0 Å². The van der Waals surface area contributed by atoms with Gasteiger partial charge in [0.15, 0.2) is 0 Å². The first-order chi connectivity index (χ1) is 10.4. The van der Waals surface area contributed by atoms with Crippen LogP contribution in [0.3, 0.4) is 0 Å². The van der Waals surface area contributed by atoms with Gasteiger partial charge in [-0.25, -0.2) is 17.6 Å². The lowest BCUT2D eigenvalue weighted by molar-refractivity contribution is -0.165. The second-order valence-electron chi connectivity index (χ2n) is 5.92. The molecule has 0 aliphatic carbocycles. The number of halogens is 4. The van der Waals surface area contributed by atoms with Crippen LogP contribution in [0.4, 0.5) is 17.6 Å². The number of carbonyl (C=O) groups excluding carboxylic acids is 2. The Balaban J connectivity index is 4.47. The number of hydrogen-bond donors (Lipinski definition) is 0. The molecule has 1 unspecified atom stereocenters. The van der Waals surface area contributed by atoms with Gasteiger partial charge in [0.1, 0.15) is 6.61 Å². The molecular weight excluding hydrogens is 320 g/mol. The van der Waals surface area contributed by atoms with Crippen LogP contribution in [0.1, 0.15) is 53.4 Å². The lowest BCUT2D eigenvalue weighted by Crippen LogP contribution is -2.36. The van der Waals surface area contributed by atoms with E-state index < -0.39 is 48.6 Å². The summed E-state index contributed by atoms with van der Waals surface area (Å²) in [5, 5.41) is 0. The molecule has 0 aromatic heterocycles. The smallest absolute Gasteiger partial charge is 0.315 e. The van der Waals surface area contributed by atoms with Gasteiger partial charge in [0, 0.05) is 12.8 Å². The molecule has 0 aromatic carbocycles. The second-order valence-corrected chi connectivity index (χ2v) is 5.92. The molecule has 0 aliphatic heterocycles. The topological polar surface area (TPSA) is 52.6 Å². The Labute approximate surface area is 133 Å². The monoisotopic (exact) mass is 344 g/mol. The van der Waals surface area contributed by atoms with E-state index in [1.165, 1.54) is 6.92 Å². The van der Waals surface area contributed by atoms with E-state index in [-0.39, 0.29) is 19.4 Å². The van der Waals surface area contributed by atoms with Crippen LogP contribution in [0, 0.1) is 5.41 Å². The van der Waals surface area contributed by atoms with Crippen LogP contribution < -0.4 is 0 Å². The van der Waals surface area contributed by atoms with E-state index in [0.29, 0.717) is 6.92 Å². The SMILES string of the molecule is CCC(=O)OCC(C)(CC)C(=O)OCCC(F)(F)CC(C)(F)F. The first-order valence-corrected chi connectivity index (χ1v) is 7.44. The standard InChI is InChI=1S/C15H24F4O4/c1-5-11(20)23-10-13(3,6-2)12(21)22-8-7-15(18,19)9-14(4,16)17/h5-10H2,1-4H3. The fourth-order valence-corrected chi connectivity index (χ4v) is 1.66. The lowest BCUT2D eigenvalue weighted by Gasteiger charge is -2.26. The maximum absolute atomic E-state index is 13.3. The van der Waals surface area contributed by atoms with Crippen molar-refractivity contribution in [3.63, 3.8) is 0 Å². The molecule has 0 heterocycles. The zero-order valence-corrected chi connectivity index (χ0v) is 13.9. The van der Waals surface area contributed by atoms with Crippen LogP contribution in [0.5, 0.6) is 0 Å². The van der Waals surface area contributed by atoms with Gasteiger partial charge in [-0.05, 0) is 20.3 Å². The minimum absolute atomic E-state index is 0.145. The number of ether oxygens (including phenoxy) is 2. The lowest BCUT2D eigenvalue weighted by atomic mass is 9.89. The Bertz CT molecular complexity index is 407. The third-order valence-corrected chi connectivity index (χ3v) is 3.38. The second kappa shape index (κ2) is 8.49. The number of esters is 2. The van der Waals surface area contributed by atoms with Crippen molar-refractivity contribution in [2.75, 3.05) is 13.2 Å². The Hall–Kier alpha value is -1.34. The molecule has 0 aliphatic rings. The fraction of sp³-hybridized carbons (Fsp3) is 0.867. The van der Waals surface area contributed by atoms with Crippen molar-refractivity contribution < 1.29 is 36.6 Å². The molecule has 0 saturated carbocycles. The van der Waals surface area contributed by atoms with Crippen LogP contribution in [0.25, 0.3) is 0 Å². The van der Waals surface area contributed by atoms with E-state index in [4.69, 9.17) is 9.47 Å². The molecule has 23 heavy (non-hydrogen) atoms. The summed E-state index contributed by atoms with van der Waals surface area (Å²) in [6.07, 6.45) is -2.17. The fourth-order valence-electron chi connectivity index (χ4n) is 1.66. The van der Waals surface area contributed by atoms with E-state index >= 15 is 0 Å². The van der Waals surface area contributed by atoms with E-state index in [1.807, 2.05) is 0 Å². The molecule has 8 heteroatoms. The highest BCUT2D eigenvalue weighted by atomic mass is 19.3. The zero-order chi connectivity index (χ0) is 18.3. The van der Waals surface area contributed by atoms with Crippen molar-refractivity contribution in [2.45, 2.75) is 65.2 Å². The molecule has 0 amide bonds. The summed E-state index contributed by atoms with van der Waals surface area (Å²) >= 11 is 0. The largest absolute Gasteiger partial charge is 0.465 e. The first kappa shape index (κ1) is 21.7. The number of carbonyl (C=O) groups is 2. The average molecular weight is 344 g/mol. The molecule has 4 nitrogen and oxygen atoms in total. The van der Waals surface area contributed by atoms with Gasteiger partial charge in [-0.1, -0.05) is 13.8 Å². The van der Waals surface area contributed by atoms with Gasteiger partial charge in [-0.3, -0.25) is 9.59 Å². The maximum atomic E-state index is 13.3. The van der Waals surface area contributed by atoms with E-state index in [1.54, 1.807) is 13.8 Å². The highest BCUT2D eigenvalue weighted by molar-refractivity contribution is 5.77. The molecule has 136 valence electrons. The number of hydrogen-bond acceptors (Lipinski definition) is 4. The molecule has 0 aromatic rings. The van der Waals surface area contributed by atoms with Crippen molar-refractivity contribution in [2.24, 2.45) is 5.41 Å². The Kier molecular flexibility index (Phi) is 8.00. The minimum atomic E-state index is -3.63. The molecule has 0 saturated heterocycles. The van der Waals surface area contributed by atoms with Crippen molar-refractivity contribution in [3.05, 3.63) is 0 Å². The zero-order valence-electron chi connectivity index (χ0n) is 13.9. The average Bonchev–Trinajstić information content (AvgIpc) is 2.41.